The Bertz CT molecular complexity index is 951. The first kappa shape index (κ1) is 18.7. The molecule has 27 heavy (non-hydrogen) atoms. The van der Waals surface area contributed by atoms with Crippen LogP contribution in [0, 0.1) is 0 Å². The average Bonchev–Trinajstić information content (AvgIpc) is 2.67. The van der Waals surface area contributed by atoms with Gasteiger partial charge in [0.05, 0.1) is 0 Å². The predicted molar refractivity (Wildman–Crippen MR) is 111 cm³/mol. The fraction of sp³-hybridized carbons (Fsp3) is 0. The van der Waals surface area contributed by atoms with Crippen molar-refractivity contribution in [1.29, 1.82) is 0 Å². The van der Waals surface area contributed by atoms with E-state index in [0.717, 1.165) is 0 Å². The van der Waals surface area contributed by atoms with E-state index in [9.17, 15) is 4.79 Å². The number of thiocarbonyl (C=S) groups is 1. The SMILES string of the molecule is O=C(NNC(=S)Nc1cccc(Cl)c1)c1cccc(Oc2ccccc2)c1. The van der Waals surface area contributed by atoms with Crippen molar-refractivity contribution >= 4 is 40.5 Å². The molecule has 0 aliphatic rings. The normalized spacial score (nSPS) is 9.96. The molecule has 0 spiro atoms. The number of benzene rings is 3. The lowest BCUT2D eigenvalue weighted by atomic mass is 10.2. The fourth-order valence-corrected chi connectivity index (χ4v) is 2.60. The van der Waals surface area contributed by atoms with Crippen LogP contribution in [0.3, 0.4) is 0 Å². The number of ether oxygens (including phenoxy) is 1. The monoisotopic (exact) mass is 397 g/mol. The van der Waals surface area contributed by atoms with E-state index in [2.05, 4.69) is 16.2 Å². The molecule has 0 bridgehead atoms. The number of carbonyl (C=O) groups excluding carboxylic acids is 1. The number of rotatable bonds is 4. The van der Waals surface area contributed by atoms with Crippen molar-refractivity contribution in [1.82, 2.24) is 10.9 Å². The Morgan fingerprint density at radius 3 is 2.37 bits per heavy atom. The second kappa shape index (κ2) is 9.02. The second-order valence-electron chi connectivity index (χ2n) is 5.49. The summed E-state index contributed by atoms with van der Waals surface area (Å²) in [4.78, 5) is 12.3. The van der Waals surface area contributed by atoms with Crippen LogP contribution in [-0.4, -0.2) is 11.0 Å². The molecule has 0 saturated heterocycles. The highest BCUT2D eigenvalue weighted by Crippen LogP contribution is 2.21. The van der Waals surface area contributed by atoms with E-state index < -0.39 is 0 Å². The Labute approximate surface area is 167 Å². The van der Waals surface area contributed by atoms with Crippen LogP contribution in [0.5, 0.6) is 11.5 Å². The molecule has 5 nitrogen and oxygen atoms in total. The number of halogens is 1. The summed E-state index contributed by atoms with van der Waals surface area (Å²) in [7, 11) is 0. The standard InChI is InChI=1S/C20H16ClN3O2S/c21-15-7-5-8-16(13-15)22-20(27)24-23-19(25)14-6-4-11-18(12-14)26-17-9-2-1-3-10-17/h1-13H,(H,23,25)(H2,22,24,27). The largest absolute Gasteiger partial charge is 0.457 e. The number of para-hydroxylation sites is 1. The van der Waals surface area contributed by atoms with Crippen LogP contribution < -0.4 is 20.9 Å². The van der Waals surface area contributed by atoms with E-state index in [0.29, 0.717) is 27.8 Å². The maximum atomic E-state index is 12.3. The third kappa shape index (κ3) is 5.70. The highest BCUT2D eigenvalue weighted by Gasteiger charge is 2.08. The van der Waals surface area contributed by atoms with Crippen LogP contribution in [0.25, 0.3) is 0 Å². The first-order valence-electron chi connectivity index (χ1n) is 8.06. The van der Waals surface area contributed by atoms with Crippen LogP contribution in [0.2, 0.25) is 5.02 Å². The minimum Gasteiger partial charge on any atom is -0.457 e. The number of nitrogens with one attached hydrogen (secondary N) is 3. The van der Waals surface area contributed by atoms with Gasteiger partial charge in [-0.05, 0) is 60.7 Å². The topological polar surface area (TPSA) is 62.4 Å². The van der Waals surface area contributed by atoms with Gasteiger partial charge >= 0.3 is 0 Å². The molecule has 7 heteroatoms. The molecule has 0 atom stereocenters. The third-order valence-corrected chi connectivity index (χ3v) is 3.89. The summed E-state index contributed by atoms with van der Waals surface area (Å²) in [6.45, 7) is 0. The molecule has 0 aliphatic heterocycles. The first-order valence-corrected chi connectivity index (χ1v) is 8.85. The molecule has 0 saturated carbocycles. The number of hydrogen-bond acceptors (Lipinski definition) is 3. The van der Waals surface area contributed by atoms with Crippen LogP contribution in [0.15, 0.2) is 78.9 Å². The Balaban J connectivity index is 1.56. The maximum Gasteiger partial charge on any atom is 0.269 e. The molecule has 136 valence electrons. The summed E-state index contributed by atoms with van der Waals surface area (Å²) < 4.78 is 5.73. The fourth-order valence-electron chi connectivity index (χ4n) is 2.24. The molecule has 1 amide bonds. The van der Waals surface area contributed by atoms with E-state index in [4.69, 9.17) is 28.6 Å². The van der Waals surface area contributed by atoms with Crippen molar-refractivity contribution in [3.63, 3.8) is 0 Å². The van der Waals surface area contributed by atoms with Gasteiger partial charge in [-0.3, -0.25) is 15.6 Å². The van der Waals surface area contributed by atoms with Gasteiger partial charge in [0.25, 0.3) is 5.91 Å². The highest BCUT2D eigenvalue weighted by molar-refractivity contribution is 7.80. The van der Waals surface area contributed by atoms with E-state index in [-0.39, 0.29) is 11.0 Å². The van der Waals surface area contributed by atoms with Crippen molar-refractivity contribution in [2.24, 2.45) is 0 Å². The summed E-state index contributed by atoms with van der Waals surface area (Å²) in [5.74, 6) is 0.914. The van der Waals surface area contributed by atoms with Gasteiger partial charge < -0.3 is 10.1 Å². The Morgan fingerprint density at radius 2 is 1.59 bits per heavy atom. The number of hydrazine groups is 1. The Morgan fingerprint density at radius 1 is 0.852 bits per heavy atom. The lowest BCUT2D eigenvalue weighted by molar-refractivity contribution is 0.0944. The van der Waals surface area contributed by atoms with Crippen molar-refractivity contribution in [3.8, 4) is 11.5 Å². The molecule has 0 heterocycles. The quantitative estimate of drug-likeness (QED) is 0.437. The molecule has 3 aromatic rings. The molecule has 0 unspecified atom stereocenters. The Kier molecular flexibility index (Phi) is 6.25. The molecule has 3 rings (SSSR count). The van der Waals surface area contributed by atoms with Crippen molar-refractivity contribution in [2.45, 2.75) is 0 Å². The lowest BCUT2D eigenvalue weighted by Crippen LogP contribution is -2.43. The first-order chi connectivity index (χ1) is 13.1. The summed E-state index contributed by atoms with van der Waals surface area (Å²) >= 11 is 11.1. The van der Waals surface area contributed by atoms with Gasteiger partial charge in [0.15, 0.2) is 5.11 Å². The number of anilines is 1. The van der Waals surface area contributed by atoms with Crippen LogP contribution in [0.1, 0.15) is 10.4 Å². The molecular weight excluding hydrogens is 382 g/mol. The smallest absolute Gasteiger partial charge is 0.269 e. The predicted octanol–water partition coefficient (Wildman–Crippen LogP) is 4.76. The third-order valence-electron chi connectivity index (χ3n) is 3.45. The summed E-state index contributed by atoms with van der Waals surface area (Å²) in [6, 6.07) is 23.3. The number of amides is 1. The minimum absolute atomic E-state index is 0.238. The summed E-state index contributed by atoms with van der Waals surface area (Å²) in [5.41, 5.74) is 6.35. The highest BCUT2D eigenvalue weighted by atomic mass is 35.5. The van der Waals surface area contributed by atoms with E-state index >= 15 is 0 Å². The van der Waals surface area contributed by atoms with Crippen LogP contribution in [0.4, 0.5) is 5.69 Å². The molecule has 3 N–H and O–H groups in total. The lowest BCUT2D eigenvalue weighted by Gasteiger charge is -2.12. The van der Waals surface area contributed by atoms with E-state index in [1.807, 2.05) is 36.4 Å². The van der Waals surface area contributed by atoms with Crippen LogP contribution >= 0.6 is 23.8 Å². The van der Waals surface area contributed by atoms with Crippen LogP contribution in [-0.2, 0) is 0 Å². The zero-order valence-electron chi connectivity index (χ0n) is 14.1. The van der Waals surface area contributed by atoms with Crippen molar-refractivity contribution < 1.29 is 9.53 Å². The van der Waals surface area contributed by atoms with Gasteiger partial charge in [-0.25, -0.2) is 0 Å². The van der Waals surface area contributed by atoms with Crippen molar-refractivity contribution in [3.05, 3.63) is 89.4 Å². The van der Waals surface area contributed by atoms with Gasteiger partial charge in [-0.1, -0.05) is 41.9 Å². The zero-order chi connectivity index (χ0) is 19.1. The summed E-state index contributed by atoms with van der Waals surface area (Å²) in [6.07, 6.45) is 0. The van der Waals surface area contributed by atoms with Gasteiger partial charge in [0, 0.05) is 16.3 Å². The average molecular weight is 398 g/mol. The maximum absolute atomic E-state index is 12.3. The molecule has 0 radical (unpaired) electrons. The molecule has 0 fully saturated rings. The molecular formula is C20H16ClN3O2S. The number of carbonyl (C=O) groups is 1. The zero-order valence-corrected chi connectivity index (χ0v) is 15.7. The molecule has 0 aromatic heterocycles. The van der Waals surface area contributed by atoms with E-state index in [1.54, 1.807) is 42.5 Å². The number of hydrogen-bond donors (Lipinski definition) is 3. The minimum atomic E-state index is -0.344. The van der Waals surface area contributed by atoms with Crippen molar-refractivity contribution in [2.75, 3.05) is 5.32 Å². The van der Waals surface area contributed by atoms with Gasteiger partial charge in [-0.2, -0.15) is 0 Å². The second-order valence-corrected chi connectivity index (χ2v) is 6.33. The van der Waals surface area contributed by atoms with Gasteiger partial charge in [-0.15, -0.1) is 0 Å². The Hall–Kier alpha value is -3.09. The van der Waals surface area contributed by atoms with Gasteiger partial charge in [0.1, 0.15) is 11.5 Å². The van der Waals surface area contributed by atoms with Gasteiger partial charge in [0.2, 0.25) is 0 Å². The summed E-state index contributed by atoms with van der Waals surface area (Å²) in [5, 5.41) is 3.75. The van der Waals surface area contributed by atoms with E-state index in [1.165, 1.54) is 0 Å². The molecule has 3 aromatic carbocycles. The molecule has 0 aliphatic carbocycles.